The summed E-state index contributed by atoms with van der Waals surface area (Å²) in [5.74, 6) is 1.73. The van der Waals surface area contributed by atoms with E-state index >= 15 is 0 Å². The molecule has 1 saturated heterocycles. The molecule has 0 unspecified atom stereocenters. The van der Waals surface area contributed by atoms with Crippen molar-refractivity contribution in [3.05, 3.63) is 109 Å². The number of imide groups is 1. The Morgan fingerprint density at radius 1 is 0.725 bits per heavy atom. The van der Waals surface area contributed by atoms with E-state index in [-0.39, 0.29) is 41.4 Å². The first-order chi connectivity index (χ1) is 19.5. The van der Waals surface area contributed by atoms with Gasteiger partial charge in [0.25, 0.3) is 5.91 Å². The molecule has 196 valence electrons. The van der Waals surface area contributed by atoms with E-state index in [4.69, 9.17) is 4.74 Å². The van der Waals surface area contributed by atoms with Crippen LogP contribution in [0.5, 0.6) is 11.5 Å². The zero-order chi connectivity index (χ0) is 27.0. The van der Waals surface area contributed by atoms with E-state index in [0.717, 1.165) is 22.9 Å². The van der Waals surface area contributed by atoms with E-state index in [1.807, 2.05) is 36.4 Å². The zero-order valence-electron chi connectivity index (χ0n) is 21.6. The van der Waals surface area contributed by atoms with Crippen LogP contribution in [-0.4, -0.2) is 17.7 Å². The Labute approximate surface area is 231 Å². The van der Waals surface area contributed by atoms with Crippen LogP contribution in [0.3, 0.4) is 0 Å². The number of nitrogens with zero attached hydrogens (tertiary/aromatic N) is 1. The number of fused-ring (bicyclic) bond motifs is 1. The Hall–Kier alpha value is -4.71. The summed E-state index contributed by atoms with van der Waals surface area (Å²) in [6.07, 6.45) is 5.45. The number of carbonyl (C=O) groups is 3. The number of rotatable bonds is 5. The molecule has 1 heterocycles. The highest BCUT2D eigenvalue weighted by molar-refractivity contribution is 6.23. The average molecular weight is 527 g/mol. The Bertz CT molecular complexity index is 1710. The van der Waals surface area contributed by atoms with E-state index < -0.39 is 0 Å². The number of anilines is 2. The standard InChI is InChI=1S/C34H26N2O4/c37-32(35-22-9-12-24(13-10-22)40-25-11-8-19-4-1-2-5-20(19)17-25)21-6-3-7-23(16-21)36-33(38)30-26-14-15-27(29-18-28(26)29)31(30)34(36)39/h1-17,26-31H,18H2,(H,35,37)/t26-,27-,28-,29-,30+,31+/m1/s1. The highest BCUT2D eigenvalue weighted by Crippen LogP contribution is 2.65. The topological polar surface area (TPSA) is 75.7 Å². The molecule has 3 amide bonds. The number of ether oxygens (including phenoxy) is 1. The quantitative estimate of drug-likeness (QED) is 0.240. The monoisotopic (exact) mass is 526 g/mol. The van der Waals surface area contributed by atoms with E-state index in [0.29, 0.717) is 34.5 Å². The lowest BCUT2D eigenvalue weighted by atomic mass is 9.63. The van der Waals surface area contributed by atoms with Gasteiger partial charge in [-0.25, -0.2) is 4.90 Å². The van der Waals surface area contributed by atoms with Gasteiger partial charge >= 0.3 is 0 Å². The highest BCUT2D eigenvalue weighted by Gasteiger charge is 2.67. The molecule has 0 radical (unpaired) electrons. The number of benzene rings is 4. The molecule has 6 heteroatoms. The van der Waals surface area contributed by atoms with Crippen LogP contribution in [-0.2, 0) is 9.59 Å². The third-order valence-corrected chi connectivity index (χ3v) is 9.10. The van der Waals surface area contributed by atoms with Crippen LogP contribution in [0.15, 0.2) is 103 Å². The second kappa shape index (κ2) is 8.65. The first kappa shape index (κ1) is 23.2. The molecule has 9 rings (SSSR count). The Kier molecular flexibility index (Phi) is 5.02. The summed E-state index contributed by atoms with van der Waals surface area (Å²) in [4.78, 5) is 41.4. The lowest BCUT2D eigenvalue weighted by Crippen LogP contribution is -2.40. The molecular weight excluding hydrogens is 500 g/mol. The van der Waals surface area contributed by atoms with Crippen LogP contribution in [0.2, 0.25) is 0 Å². The molecule has 0 spiro atoms. The van der Waals surface area contributed by atoms with Gasteiger partial charge in [0.1, 0.15) is 11.5 Å². The molecule has 4 aromatic rings. The summed E-state index contributed by atoms with van der Waals surface area (Å²) < 4.78 is 6.01. The van der Waals surface area contributed by atoms with Crippen molar-refractivity contribution in [1.29, 1.82) is 0 Å². The maximum atomic E-state index is 13.5. The Morgan fingerprint density at radius 3 is 2.12 bits per heavy atom. The van der Waals surface area contributed by atoms with E-state index in [1.54, 1.807) is 48.5 Å². The van der Waals surface area contributed by atoms with Crippen molar-refractivity contribution in [3.8, 4) is 11.5 Å². The van der Waals surface area contributed by atoms with E-state index in [1.165, 1.54) is 4.90 Å². The summed E-state index contributed by atoms with van der Waals surface area (Å²) in [5.41, 5.74) is 1.46. The normalized spacial score (nSPS) is 27.4. The number of amides is 3. The molecule has 2 saturated carbocycles. The molecule has 6 atom stereocenters. The van der Waals surface area contributed by atoms with E-state index in [2.05, 4.69) is 23.5 Å². The zero-order valence-corrected chi connectivity index (χ0v) is 21.6. The molecule has 2 bridgehead atoms. The van der Waals surface area contributed by atoms with Crippen molar-refractivity contribution in [2.75, 3.05) is 10.2 Å². The lowest BCUT2D eigenvalue weighted by Gasteiger charge is -2.37. The van der Waals surface area contributed by atoms with Gasteiger partial charge in [-0.05, 0) is 95.5 Å². The third-order valence-electron chi connectivity index (χ3n) is 9.10. The number of hydrogen-bond acceptors (Lipinski definition) is 4. The van der Waals surface area contributed by atoms with Gasteiger partial charge in [-0.3, -0.25) is 14.4 Å². The summed E-state index contributed by atoms with van der Waals surface area (Å²) in [7, 11) is 0. The molecule has 3 fully saturated rings. The second-order valence-electron chi connectivity index (χ2n) is 11.3. The Balaban J connectivity index is 0.971. The molecule has 1 aliphatic heterocycles. The third kappa shape index (κ3) is 3.59. The maximum Gasteiger partial charge on any atom is 0.255 e. The molecule has 6 nitrogen and oxygen atoms in total. The molecular formula is C34H26N2O4. The van der Waals surface area contributed by atoms with E-state index in [9.17, 15) is 14.4 Å². The lowest BCUT2D eigenvalue weighted by molar-refractivity contribution is -0.124. The average Bonchev–Trinajstić information content (AvgIpc) is 3.76. The van der Waals surface area contributed by atoms with Crippen LogP contribution in [0.25, 0.3) is 10.8 Å². The molecule has 4 aliphatic carbocycles. The predicted octanol–water partition coefficient (Wildman–Crippen LogP) is 6.44. The first-order valence-electron chi connectivity index (χ1n) is 13.8. The van der Waals surface area contributed by atoms with Crippen LogP contribution >= 0.6 is 0 Å². The van der Waals surface area contributed by atoms with Gasteiger partial charge in [-0.15, -0.1) is 0 Å². The first-order valence-corrected chi connectivity index (χ1v) is 13.8. The fourth-order valence-corrected chi connectivity index (χ4v) is 7.17. The predicted molar refractivity (Wildman–Crippen MR) is 152 cm³/mol. The van der Waals surface area contributed by atoms with Crippen LogP contribution in [0.1, 0.15) is 16.8 Å². The second-order valence-corrected chi connectivity index (χ2v) is 11.3. The number of carbonyl (C=O) groups excluding carboxylic acids is 3. The maximum absolute atomic E-state index is 13.5. The SMILES string of the molecule is O=C(Nc1ccc(Oc2ccc3ccccc3c2)cc1)c1cccc(N2C(=O)[C@H]3[C@@H]4C=C[C@H]([C@H]5C[C@H]45)[C@@H]3C2=O)c1. The molecule has 40 heavy (non-hydrogen) atoms. The van der Waals surface area contributed by atoms with Crippen LogP contribution < -0.4 is 15.0 Å². The number of nitrogens with one attached hydrogen (secondary N) is 1. The van der Waals surface area contributed by atoms with Crippen LogP contribution in [0, 0.1) is 35.5 Å². The van der Waals surface area contributed by atoms with Crippen molar-refractivity contribution in [2.45, 2.75) is 6.42 Å². The molecule has 0 aromatic heterocycles. The minimum atomic E-state index is -0.315. The van der Waals surface area contributed by atoms with Gasteiger partial charge in [-0.2, -0.15) is 0 Å². The highest BCUT2D eigenvalue weighted by atomic mass is 16.5. The minimum Gasteiger partial charge on any atom is -0.457 e. The van der Waals surface area contributed by atoms with Gasteiger partial charge in [0.15, 0.2) is 0 Å². The fraction of sp³-hybridized carbons (Fsp3) is 0.206. The minimum absolute atomic E-state index is 0.126. The smallest absolute Gasteiger partial charge is 0.255 e. The van der Waals surface area contributed by atoms with Gasteiger partial charge in [0.05, 0.1) is 17.5 Å². The molecule has 5 aliphatic rings. The Morgan fingerprint density at radius 2 is 1.40 bits per heavy atom. The van der Waals surface area contributed by atoms with Crippen molar-refractivity contribution in [2.24, 2.45) is 35.5 Å². The summed E-state index contributed by atoms with van der Waals surface area (Å²) >= 11 is 0. The fourth-order valence-electron chi connectivity index (χ4n) is 7.17. The molecule has 1 N–H and O–H groups in total. The number of allylic oxidation sites excluding steroid dienone is 2. The van der Waals surface area contributed by atoms with Crippen molar-refractivity contribution >= 4 is 39.9 Å². The van der Waals surface area contributed by atoms with Crippen LogP contribution in [0.4, 0.5) is 11.4 Å². The van der Waals surface area contributed by atoms with Crippen molar-refractivity contribution in [3.63, 3.8) is 0 Å². The summed E-state index contributed by atoms with van der Waals surface area (Å²) in [6, 6.07) is 28.0. The van der Waals surface area contributed by atoms with Gasteiger partial charge < -0.3 is 10.1 Å². The molecule has 4 aromatic carbocycles. The van der Waals surface area contributed by atoms with Gasteiger partial charge in [0, 0.05) is 11.3 Å². The number of hydrogen-bond donors (Lipinski definition) is 1. The summed E-state index contributed by atoms with van der Waals surface area (Å²) in [5, 5.41) is 5.15. The van der Waals surface area contributed by atoms with Crippen molar-refractivity contribution < 1.29 is 19.1 Å². The largest absolute Gasteiger partial charge is 0.457 e. The van der Waals surface area contributed by atoms with Gasteiger partial charge in [0.2, 0.25) is 11.8 Å². The van der Waals surface area contributed by atoms with Crippen molar-refractivity contribution in [1.82, 2.24) is 0 Å². The van der Waals surface area contributed by atoms with Gasteiger partial charge in [-0.1, -0.05) is 48.6 Å². The summed E-state index contributed by atoms with van der Waals surface area (Å²) in [6.45, 7) is 0.